The zero-order valence-corrected chi connectivity index (χ0v) is 9.52. The Morgan fingerprint density at radius 2 is 2.12 bits per heavy atom. The number of aromatic nitrogens is 2. The first-order valence-electron chi connectivity index (χ1n) is 5.31. The van der Waals surface area contributed by atoms with E-state index in [1.54, 1.807) is 0 Å². The van der Waals surface area contributed by atoms with E-state index in [0.29, 0.717) is 18.7 Å². The highest BCUT2D eigenvalue weighted by Crippen LogP contribution is 2.18. The number of rotatable bonds is 2. The second-order valence-electron chi connectivity index (χ2n) is 4.03. The Balaban J connectivity index is 2.24. The van der Waals surface area contributed by atoms with Crippen molar-refractivity contribution >= 4 is 5.95 Å². The monoisotopic (exact) mass is 238 g/mol. The molecule has 0 spiro atoms. The van der Waals surface area contributed by atoms with Crippen LogP contribution in [-0.4, -0.2) is 22.6 Å². The van der Waals surface area contributed by atoms with Crippen LogP contribution in [0.4, 0.5) is 10.3 Å². The van der Waals surface area contributed by atoms with E-state index >= 15 is 0 Å². The van der Waals surface area contributed by atoms with Crippen LogP contribution >= 0.6 is 0 Å². The highest BCUT2D eigenvalue weighted by atomic mass is 19.1. The minimum absolute atomic E-state index is 0.235. The lowest BCUT2D eigenvalue weighted by molar-refractivity contribution is 0.523. The molecule has 2 heterocycles. The molecule has 1 aromatic heterocycles. The third-order valence-electron chi connectivity index (χ3n) is 2.62. The van der Waals surface area contributed by atoms with E-state index < -0.39 is 5.82 Å². The zero-order chi connectivity index (χ0) is 12.4. The van der Waals surface area contributed by atoms with Gasteiger partial charge in [-0.2, -0.15) is 0 Å². The Bertz CT molecular complexity index is 429. The maximum atomic E-state index is 12.7. The van der Waals surface area contributed by atoms with Crippen LogP contribution in [0.25, 0.3) is 0 Å². The SMILES string of the molecule is CC1CC(N(N)c2ncc(F)cn2)=C(N)CN1. The smallest absolute Gasteiger partial charge is 0.244 e. The van der Waals surface area contributed by atoms with Gasteiger partial charge < -0.3 is 11.1 Å². The Morgan fingerprint density at radius 1 is 1.47 bits per heavy atom. The normalized spacial score (nSPS) is 20.5. The fourth-order valence-corrected chi connectivity index (χ4v) is 1.68. The van der Waals surface area contributed by atoms with E-state index in [2.05, 4.69) is 15.3 Å². The van der Waals surface area contributed by atoms with Crippen LogP contribution in [0.1, 0.15) is 13.3 Å². The number of hydrazine groups is 1. The van der Waals surface area contributed by atoms with Crippen LogP contribution in [0, 0.1) is 5.82 Å². The van der Waals surface area contributed by atoms with Gasteiger partial charge in [-0.15, -0.1) is 0 Å². The van der Waals surface area contributed by atoms with Crippen LogP contribution < -0.4 is 21.9 Å². The van der Waals surface area contributed by atoms with Crippen molar-refractivity contribution in [2.24, 2.45) is 11.6 Å². The van der Waals surface area contributed by atoms with Gasteiger partial charge in [-0.25, -0.2) is 25.2 Å². The molecular weight excluding hydrogens is 223 g/mol. The Morgan fingerprint density at radius 3 is 2.76 bits per heavy atom. The molecule has 0 aliphatic carbocycles. The van der Waals surface area contributed by atoms with E-state index in [-0.39, 0.29) is 12.0 Å². The lowest BCUT2D eigenvalue weighted by Gasteiger charge is -2.29. The van der Waals surface area contributed by atoms with Gasteiger partial charge in [0, 0.05) is 24.7 Å². The van der Waals surface area contributed by atoms with Gasteiger partial charge in [-0.1, -0.05) is 0 Å². The largest absolute Gasteiger partial charge is 0.400 e. The van der Waals surface area contributed by atoms with Gasteiger partial charge in [0.2, 0.25) is 5.95 Å². The average Bonchev–Trinajstić information content (AvgIpc) is 2.32. The van der Waals surface area contributed by atoms with Crippen molar-refractivity contribution in [3.63, 3.8) is 0 Å². The van der Waals surface area contributed by atoms with Crippen molar-refractivity contribution < 1.29 is 4.39 Å². The van der Waals surface area contributed by atoms with Crippen LogP contribution in [0.3, 0.4) is 0 Å². The summed E-state index contributed by atoms with van der Waals surface area (Å²) >= 11 is 0. The first-order chi connectivity index (χ1) is 8.08. The summed E-state index contributed by atoms with van der Waals surface area (Å²) in [5.41, 5.74) is 7.29. The molecule has 17 heavy (non-hydrogen) atoms. The molecule has 0 amide bonds. The van der Waals surface area contributed by atoms with Crippen molar-refractivity contribution in [3.05, 3.63) is 29.6 Å². The number of anilines is 1. The molecule has 0 radical (unpaired) electrons. The summed E-state index contributed by atoms with van der Waals surface area (Å²) in [4.78, 5) is 7.64. The fourth-order valence-electron chi connectivity index (χ4n) is 1.68. The van der Waals surface area contributed by atoms with Crippen molar-refractivity contribution in [2.45, 2.75) is 19.4 Å². The maximum Gasteiger partial charge on any atom is 0.244 e. The molecule has 1 aliphatic heterocycles. The third kappa shape index (κ3) is 2.51. The Hall–Kier alpha value is -1.73. The standard InChI is InChI=1S/C10H15FN6/c1-6-2-9(8(12)5-14-6)17(13)10-15-3-7(11)4-16-10/h3-4,6,14H,2,5,12-13H2,1H3. The highest BCUT2D eigenvalue weighted by molar-refractivity contribution is 5.39. The molecule has 0 saturated carbocycles. The highest BCUT2D eigenvalue weighted by Gasteiger charge is 2.21. The molecule has 0 saturated heterocycles. The van der Waals surface area contributed by atoms with Crippen LogP contribution in [0.5, 0.6) is 0 Å². The number of halogens is 1. The molecular formula is C10H15FN6. The van der Waals surface area contributed by atoms with Crippen molar-refractivity contribution in [1.29, 1.82) is 0 Å². The molecule has 1 aromatic rings. The van der Waals surface area contributed by atoms with Crippen molar-refractivity contribution in [1.82, 2.24) is 15.3 Å². The van der Waals surface area contributed by atoms with Crippen molar-refractivity contribution in [2.75, 3.05) is 11.6 Å². The van der Waals surface area contributed by atoms with Gasteiger partial charge in [0.25, 0.3) is 0 Å². The summed E-state index contributed by atoms with van der Waals surface area (Å²) in [5, 5.41) is 4.52. The Labute approximate surface area is 98.5 Å². The summed E-state index contributed by atoms with van der Waals surface area (Å²) in [5.74, 6) is 5.63. The molecule has 1 atom stereocenters. The summed E-state index contributed by atoms with van der Waals surface area (Å²) in [6, 6.07) is 0.281. The summed E-state index contributed by atoms with van der Waals surface area (Å²) in [7, 11) is 0. The molecule has 0 fully saturated rings. The van der Waals surface area contributed by atoms with Crippen LogP contribution in [0.15, 0.2) is 23.8 Å². The summed E-state index contributed by atoms with van der Waals surface area (Å²) < 4.78 is 12.7. The van der Waals surface area contributed by atoms with Crippen LogP contribution in [-0.2, 0) is 0 Å². The number of nitrogens with one attached hydrogen (secondary N) is 1. The predicted molar refractivity (Wildman–Crippen MR) is 62.0 cm³/mol. The minimum atomic E-state index is -0.497. The van der Waals surface area contributed by atoms with Gasteiger partial charge in [0.1, 0.15) is 0 Å². The molecule has 2 rings (SSSR count). The van der Waals surface area contributed by atoms with Crippen molar-refractivity contribution in [3.8, 4) is 0 Å². The van der Waals surface area contributed by atoms with Gasteiger partial charge in [0.05, 0.1) is 18.1 Å². The molecule has 5 N–H and O–H groups in total. The molecule has 0 bridgehead atoms. The number of nitrogens with two attached hydrogens (primary N) is 2. The Kier molecular flexibility index (Phi) is 3.21. The van der Waals surface area contributed by atoms with E-state index in [1.165, 1.54) is 5.01 Å². The maximum absolute atomic E-state index is 12.7. The minimum Gasteiger partial charge on any atom is -0.400 e. The molecule has 1 unspecified atom stereocenters. The van der Waals surface area contributed by atoms with Gasteiger partial charge in [-0.05, 0) is 6.92 Å². The molecule has 92 valence electrons. The third-order valence-corrected chi connectivity index (χ3v) is 2.62. The van der Waals surface area contributed by atoms with Gasteiger partial charge >= 0.3 is 0 Å². The first-order valence-corrected chi connectivity index (χ1v) is 5.31. The zero-order valence-electron chi connectivity index (χ0n) is 9.52. The van der Waals surface area contributed by atoms with Gasteiger partial charge in [0.15, 0.2) is 5.82 Å². The summed E-state index contributed by atoms with van der Waals surface area (Å²) in [6.07, 6.45) is 2.83. The average molecular weight is 238 g/mol. The fraction of sp³-hybridized carbons (Fsp3) is 0.400. The topological polar surface area (TPSA) is 93.1 Å². The molecule has 1 aliphatic rings. The van der Waals surface area contributed by atoms with E-state index in [9.17, 15) is 4.39 Å². The summed E-state index contributed by atoms with van der Waals surface area (Å²) in [6.45, 7) is 2.61. The lowest BCUT2D eigenvalue weighted by atomic mass is 10.1. The second kappa shape index (κ2) is 4.64. The quantitative estimate of drug-likeness (QED) is 0.490. The van der Waals surface area contributed by atoms with E-state index in [4.69, 9.17) is 11.6 Å². The van der Waals surface area contributed by atoms with E-state index in [0.717, 1.165) is 18.1 Å². The molecule has 6 nitrogen and oxygen atoms in total. The predicted octanol–water partition coefficient (Wildman–Crippen LogP) is -0.152. The molecule has 0 aromatic carbocycles. The molecule has 7 heteroatoms. The number of hydrogen-bond donors (Lipinski definition) is 3. The van der Waals surface area contributed by atoms with E-state index in [1.807, 2.05) is 6.92 Å². The van der Waals surface area contributed by atoms with Gasteiger partial charge in [-0.3, -0.25) is 0 Å². The lowest BCUT2D eigenvalue weighted by Crippen LogP contribution is -2.43. The number of nitrogens with zero attached hydrogens (tertiary/aromatic N) is 3. The first kappa shape index (κ1) is 11.7. The van der Waals surface area contributed by atoms with Crippen LogP contribution in [0.2, 0.25) is 0 Å². The number of hydrogen-bond acceptors (Lipinski definition) is 6. The second-order valence-corrected chi connectivity index (χ2v) is 4.03.